The van der Waals surface area contributed by atoms with Gasteiger partial charge in [0.1, 0.15) is 6.54 Å². The third-order valence-electron chi connectivity index (χ3n) is 2.88. The summed E-state index contributed by atoms with van der Waals surface area (Å²) in [5.74, 6) is -0.132. The molecule has 0 spiro atoms. The van der Waals surface area contributed by atoms with Gasteiger partial charge in [0.05, 0.1) is 0 Å². The fraction of sp³-hybridized carbons (Fsp3) is 0.429. The summed E-state index contributed by atoms with van der Waals surface area (Å²) in [5, 5.41) is 2.74. The number of amides is 3. The van der Waals surface area contributed by atoms with Gasteiger partial charge in [-0.1, -0.05) is 12.1 Å². The van der Waals surface area contributed by atoms with Crippen molar-refractivity contribution in [1.82, 2.24) is 9.80 Å². The second-order valence-electron chi connectivity index (χ2n) is 4.99. The molecule has 110 valence electrons. The highest BCUT2D eigenvalue weighted by Gasteiger charge is 2.14. The molecule has 1 atom stereocenters. The number of carbonyl (C=O) groups excluding carboxylic acids is 2. The predicted octanol–water partition coefficient (Wildman–Crippen LogP) is 1.26. The first kappa shape index (κ1) is 16.0. The smallest absolute Gasteiger partial charge is 0.322 e. The molecule has 1 unspecified atom stereocenters. The van der Waals surface area contributed by atoms with E-state index >= 15 is 0 Å². The van der Waals surface area contributed by atoms with Crippen LogP contribution in [0.5, 0.6) is 0 Å². The van der Waals surface area contributed by atoms with Gasteiger partial charge in [-0.15, -0.1) is 0 Å². The van der Waals surface area contributed by atoms with E-state index in [2.05, 4.69) is 5.32 Å². The molecule has 0 aliphatic heterocycles. The summed E-state index contributed by atoms with van der Waals surface area (Å²) < 4.78 is 0. The maximum atomic E-state index is 12.0. The maximum Gasteiger partial charge on any atom is 0.322 e. The van der Waals surface area contributed by atoms with E-state index < -0.39 is 0 Å². The van der Waals surface area contributed by atoms with E-state index in [0.717, 1.165) is 5.56 Å². The number of rotatable bonds is 4. The maximum absolute atomic E-state index is 12.0. The molecule has 20 heavy (non-hydrogen) atoms. The van der Waals surface area contributed by atoms with Crippen LogP contribution >= 0.6 is 0 Å². The lowest BCUT2D eigenvalue weighted by Gasteiger charge is -2.20. The summed E-state index contributed by atoms with van der Waals surface area (Å²) in [7, 11) is 4.88. The molecule has 6 nitrogen and oxygen atoms in total. The molecule has 0 saturated heterocycles. The number of nitrogens with two attached hydrogens (primary N) is 1. The first-order valence-corrected chi connectivity index (χ1v) is 6.39. The monoisotopic (exact) mass is 278 g/mol. The summed E-state index contributed by atoms with van der Waals surface area (Å²) in [4.78, 5) is 26.3. The van der Waals surface area contributed by atoms with Crippen molar-refractivity contribution in [3.8, 4) is 0 Å². The Kier molecular flexibility index (Phi) is 5.52. The molecule has 6 heteroatoms. The number of hydrogen-bond donors (Lipinski definition) is 2. The lowest BCUT2D eigenvalue weighted by molar-refractivity contribution is -0.129. The van der Waals surface area contributed by atoms with Crippen molar-refractivity contribution >= 4 is 17.6 Å². The van der Waals surface area contributed by atoms with E-state index in [1.807, 2.05) is 25.1 Å². The average molecular weight is 278 g/mol. The first-order chi connectivity index (χ1) is 9.31. The van der Waals surface area contributed by atoms with Crippen LogP contribution in [0.4, 0.5) is 10.5 Å². The van der Waals surface area contributed by atoms with Crippen molar-refractivity contribution in [2.45, 2.75) is 13.0 Å². The van der Waals surface area contributed by atoms with Gasteiger partial charge in [0.2, 0.25) is 5.91 Å². The molecule has 0 aliphatic carbocycles. The van der Waals surface area contributed by atoms with Crippen molar-refractivity contribution in [2.24, 2.45) is 5.73 Å². The van der Waals surface area contributed by atoms with Gasteiger partial charge in [0.15, 0.2) is 0 Å². The number of urea groups is 1. The highest BCUT2D eigenvalue weighted by molar-refractivity contribution is 5.92. The van der Waals surface area contributed by atoms with Crippen LogP contribution in [-0.4, -0.2) is 49.4 Å². The fourth-order valence-electron chi connectivity index (χ4n) is 1.53. The zero-order valence-electron chi connectivity index (χ0n) is 12.4. The van der Waals surface area contributed by atoms with Crippen LogP contribution in [0, 0.1) is 0 Å². The Hall–Kier alpha value is -2.08. The third kappa shape index (κ3) is 4.55. The summed E-state index contributed by atoms with van der Waals surface area (Å²) in [6, 6.07) is 6.91. The molecule has 0 saturated carbocycles. The normalized spacial score (nSPS) is 11.7. The number of likely N-dealkylation sites (N-methyl/N-ethyl adjacent to an activating group) is 2. The lowest BCUT2D eigenvalue weighted by atomic mass is 10.1. The van der Waals surface area contributed by atoms with Gasteiger partial charge in [0.25, 0.3) is 0 Å². The van der Waals surface area contributed by atoms with Gasteiger partial charge < -0.3 is 20.9 Å². The molecule has 1 aromatic rings. The summed E-state index contributed by atoms with van der Waals surface area (Å²) in [5.41, 5.74) is 7.40. The van der Waals surface area contributed by atoms with Crippen LogP contribution in [0.15, 0.2) is 24.3 Å². The second kappa shape index (κ2) is 6.91. The van der Waals surface area contributed by atoms with E-state index in [-0.39, 0.29) is 24.5 Å². The number of nitrogens with zero attached hydrogens (tertiary/aromatic N) is 2. The summed E-state index contributed by atoms with van der Waals surface area (Å²) >= 11 is 0. The van der Waals surface area contributed by atoms with E-state index in [1.54, 1.807) is 27.2 Å². The number of anilines is 1. The minimum Gasteiger partial charge on any atom is -0.347 e. The molecule has 0 aliphatic rings. The molecule has 0 aromatic heterocycles. The Balaban J connectivity index is 2.66. The minimum absolute atomic E-state index is 0.0335. The Bertz CT molecular complexity index is 486. The molecule has 0 radical (unpaired) electrons. The van der Waals surface area contributed by atoms with Crippen LogP contribution in [0.2, 0.25) is 0 Å². The zero-order valence-corrected chi connectivity index (χ0v) is 12.4. The topological polar surface area (TPSA) is 78.7 Å². The molecule has 0 heterocycles. The Morgan fingerprint density at radius 3 is 2.50 bits per heavy atom. The molecule has 3 N–H and O–H groups in total. The van der Waals surface area contributed by atoms with Gasteiger partial charge in [-0.05, 0) is 24.6 Å². The lowest BCUT2D eigenvalue weighted by Crippen LogP contribution is -2.39. The third-order valence-corrected chi connectivity index (χ3v) is 2.88. The first-order valence-electron chi connectivity index (χ1n) is 6.39. The fourth-order valence-corrected chi connectivity index (χ4v) is 1.53. The van der Waals surface area contributed by atoms with Crippen LogP contribution < -0.4 is 11.1 Å². The molecule has 0 fully saturated rings. The summed E-state index contributed by atoms with van der Waals surface area (Å²) in [6.45, 7) is 1.91. The second-order valence-corrected chi connectivity index (χ2v) is 4.99. The SMILES string of the molecule is CC(N)c1cccc(NC(=O)N(C)CC(=O)N(C)C)c1. The molecule has 3 amide bonds. The minimum atomic E-state index is -0.331. The van der Waals surface area contributed by atoms with E-state index in [9.17, 15) is 9.59 Å². The van der Waals surface area contributed by atoms with Gasteiger partial charge >= 0.3 is 6.03 Å². The van der Waals surface area contributed by atoms with Gasteiger partial charge in [-0.2, -0.15) is 0 Å². The van der Waals surface area contributed by atoms with E-state index in [1.165, 1.54) is 9.80 Å². The predicted molar refractivity (Wildman–Crippen MR) is 79.4 cm³/mol. The van der Waals surface area contributed by atoms with Gasteiger partial charge in [-0.25, -0.2) is 4.79 Å². The average Bonchev–Trinajstić information content (AvgIpc) is 2.38. The van der Waals surface area contributed by atoms with Crippen molar-refractivity contribution in [3.05, 3.63) is 29.8 Å². The Morgan fingerprint density at radius 2 is 1.95 bits per heavy atom. The van der Waals surface area contributed by atoms with Crippen molar-refractivity contribution in [3.63, 3.8) is 0 Å². The zero-order chi connectivity index (χ0) is 15.3. The molecule has 1 rings (SSSR count). The van der Waals surface area contributed by atoms with Gasteiger partial charge in [0, 0.05) is 32.9 Å². The molecule has 0 bridgehead atoms. The molecule has 1 aromatic carbocycles. The molecular weight excluding hydrogens is 256 g/mol. The van der Waals surface area contributed by atoms with E-state index in [4.69, 9.17) is 5.73 Å². The van der Waals surface area contributed by atoms with Crippen LogP contribution in [0.1, 0.15) is 18.5 Å². The Labute approximate surface area is 119 Å². The van der Waals surface area contributed by atoms with E-state index in [0.29, 0.717) is 5.69 Å². The van der Waals surface area contributed by atoms with Crippen molar-refractivity contribution in [2.75, 3.05) is 33.0 Å². The standard InChI is InChI=1S/C14H22N4O2/c1-10(15)11-6-5-7-12(8-11)16-14(20)18(4)9-13(19)17(2)3/h5-8,10H,9,15H2,1-4H3,(H,16,20). The van der Waals surface area contributed by atoms with Crippen molar-refractivity contribution in [1.29, 1.82) is 0 Å². The summed E-state index contributed by atoms with van der Waals surface area (Å²) in [6.07, 6.45) is 0. The van der Waals surface area contributed by atoms with Crippen LogP contribution in [0.25, 0.3) is 0 Å². The number of nitrogens with one attached hydrogen (secondary N) is 1. The highest BCUT2D eigenvalue weighted by atomic mass is 16.2. The van der Waals surface area contributed by atoms with Crippen LogP contribution in [-0.2, 0) is 4.79 Å². The highest BCUT2D eigenvalue weighted by Crippen LogP contribution is 2.15. The largest absolute Gasteiger partial charge is 0.347 e. The van der Waals surface area contributed by atoms with Crippen LogP contribution in [0.3, 0.4) is 0 Å². The van der Waals surface area contributed by atoms with Gasteiger partial charge in [-0.3, -0.25) is 4.79 Å². The molecular formula is C14H22N4O2. The quantitative estimate of drug-likeness (QED) is 0.870. The van der Waals surface area contributed by atoms with Crippen molar-refractivity contribution < 1.29 is 9.59 Å². The number of carbonyl (C=O) groups is 2. The number of hydrogen-bond acceptors (Lipinski definition) is 3. The number of benzene rings is 1. The Morgan fingerprint density at radius 1 is 1.30 bits per heavy atom.